The van der Waals surface area contributed by atoms with E-state index in [-0.39, 0.29) is 5.56 Å². The maximum Gasteiger partial charge on any atom is 0.276 e. The molecule has 0 fully saturated rings. The number of thioether (sulfide) groups is 1. The highest BCUT2D eigenvalue weighted by molar-refractivity contribution is 7.99. The average molecular weight is 252 g/mol. The minimum Gasteiger partial charge on any atom is -0.416 e. The first-order valence-electron chi connectivity index (χ1n) is 5.04. The Balaban J connectivity index is 1.94. The van der Waals surface area contributed by atoms with E-state index in [1.165, 1.54) is 17.8 Å². The first-order valence-corrected chi connectivity index (χ1v) is 6.02. The van der Waals surface area contributed by atoms with E-state index in [1.807, 2.05) is 0 Å². The predicted molar refractivity (Wildman–Crippen MR) is 64.9 cm³/mol. The van der Waals surface area contributed by atoms with Gasteiger partial charge in [0, 0.05) is 37.2 Å². The Morgan fingerprint density at radius 1 is 1.47 bits per heavy atom. The largest absolute Gasteiger partial charge is 0.416 e. The van der Waals surface area contributed by atoms with Gasteiger partial charge in [0.1, 0.15) is 0 Å². The molecule has 0 saturated carbocycles. The van der Waals surface area contributed by atoms with Crippen molar-refractivity contribution in [3.63, 3.8) is 0 Å². The summed E-state index contributed by atoms with van der Waals surface area (Å²) in [7, 11) is 0. The van der Waals surface area contributed by atoms with Gasteiger partial charge in [0.15, 0.2) is 0 Å². The molecule has 0 unspecified atom stereocenters. The molecule has 0 spiro atoms. The zero-order chi connectivity index (χ0) is 12.3. The van der Waals surface area contributed by atoms with Gasteiger partial charge in [-0.15, -0.1) is 10.2 Å². The highest BCUT2D eigenvalue weighted by Gasteiger charge is 2.03. The lowest BCUT2D eigenvalue weighted by Gasteiger charge is -2.04. The van der Waals surface area contributed by atoms with Gasteiger partial charge in [-0.3, -0.25) is 4.79 Å². The number of nitrogens with zero attached hydrogens (tertiary/aromatic N) is 3. The number of hydrogen-bond donors (Lipinski definition) is 1. The molecule has 0 aliphatic heterocycles. The van der Waals surface area contributed by atoms with E-state index >= 15 is 0 Å². The summed E-state index contributed by atoms with van der Waals surface area (Å²) in [6, 6.07) is 3.05. The van der Waals surface area contributed by atoms with Crippen LogP contribution < -0.4 is 11.3 Å². The summed E-state index contributed by atoms with van der Waals surface area (Å²) in [6.07, 6.45) is 1.63. The van der Waals surface area contributed by atoms with E-state index < -0.39 is 0 Å². The van der Waals surface area contributed by atoms with Gasteiger partial charge >= 0.3 is 0 Å². The average Bonchev–Trinajstić information content (AvgIpc) is 2.69. The smallest absolute Gasteiger partial charge is 0.276 e. The van der Waals surface area contributed by atoms with Gasteiger partial charge < -0.3 is 14.7 Å². The normalized spacial score (nSPS) is 10.6. The van der Waals surface area contributed by atoms with Gasteiger partial charge in [-0.2, -0.15) is 0 Å². The van der Waals surface area contributed by atoms with Crippen LogP contribution in [-0.4, -0.2) is 20.5 Å². The molecule has 0 saturated heterocycles. The lowest BCUT2D eigenvalue weighted by Crippen LogP contribution is -2.19. The zero-order valence-corrected chi connectivity index (χ0v) is 10.1. The molecular formula is C10H12N4O2S. The Labute approximate surface area is 102 Å². The molecule has 2 heterocycles. The van der Waals surface area contributed by atoms with Gasteiger partial charge in [0.2, 0.25) is 5.89 Å². The molecule has 17 heavy (non-hydrogen) atoms. The summed E-state index contributed by atoms with van der Waals surface area (Å²) in [6.45, 7) is 2.29. The fourth-order valence-corrected chi connectivity index (χ4v) is 2.03. The fraction of sp³-hybridized carbons (Fsp3) is 0.300. The second kappa shape index (κ2) is 5.05. The standard InChI is InChI=1S/C10H12N4O2S/c1-7-12-13-10(16-7)17-5-4-14-6-8(11)2-3-9(14)15/h2-3,6H,4-5,11H2,1H3. The first-order chi connectivity index (χ1) is 8.15. The number of nitrogens with two attached hydrogens (primary N) is 1. The van der Waals surface area contributed by atoms with Crippen molar-refractivity contribution in [2.24, 2.45) is 0 Å². The van der Waals surface area contributed by atoms with E-state index in [0.717, 1.165) is 0 Å². The Morgan fingerprint density at radius 3 is 3.00 bits per heavy atom. The maximum absolute atomic E-state index is 11.5. The number of aromatic nitrogens is 3. The van der Waals surface area contributed by atoms with E-state index in [2.05, 4.69) is 10.2 Å². The van der Waals surface area contributed by atoms with Gasteiger partial charge in [-0.05, 0) is 6.07 Å². The van der Waals surface area contributed by atoms with Crippen molar-refractivity contribution < 1.29 is 4.42 Å². The van der Waals surface area contributed by atoms with Crippen molar-refractivity contribution in [1.82, 2.24) is 14.8 Å². The minimum absolute atomic E-state index is 0.0680. The summed E-state index contributed by atoms with van der Waals surface area (Å²) in [5.41, 5.74) is 6.11. The summed E-state index contributed by atoms with van der Waals surface area (Å²) in [4.78, 5) is 11.5. The van der Waals surface area contributed by atoms with Gasteiger partial charge in [-0.1, -0.05) is 11.8 Å². The molecular weight excluding hydrogens is 240 g/mol. The lowest BCUT2D eigenvalue weighted by molar-refractivity contribution is 0.429. The molecule has 0 bridgehead atoms. The van der Waals surface area contributed by atoms with Crippen LogP contribution in [0.3, 0.4) is 0 Å². The van der Waals surface area contributed by atoms with Crippen molar-refractivity contribution >= 4 is 17.4 Å². The van der Waals surface area contributed by atoms with Crippen LogP contribution in [0, 0.1) is 6.92 Å². The number of nitrogen functional groups attached to an aromatic ring is 1. The third-order valence-electron chi connectivity index (χ3n) is 2.07. The Kier molecular flexibility index (Phi) is 3.48. The van der Waals surface area contributed by atoms with E-state index in [1.54, 1.807) is 23.8 Å². The molecule has 6 nitrogen and oxygen atoms in total. The van der Waals surface area contributed by atoms with Crippen LogP contribution in [0.5, 0.6) is 0 Å². The highest BCUT2D eigenvalue weighted by Crippen LogP contribution is 2.15. The van der Waals surface area contributed by atoms with Crippen LogP contribution >= 0.6 is 11.8 Å². The first kappa shape index (κ1) is 11.7. The number of anilines is 1. The lowest BCUT2D eigenvalue weighted by atomic mass is 10.4. The second-order valence-corrected chi connectivity index (χ2v) is 4.48. The van der Waals surface area contributed by atoms with Gasteiger partial charge in [-0.25, -0.2) is 0 Å². The highest BCUT2D eigenvalue weighted by atomic mass is 32.2. The fourth-order valence-electron chi connectivity index (χ4n) is 1.29. The van der Waals surface area contributed by atoms with Crippen LogP contribution in [0.4, 0.5) is 5.69 Å². The minimum atomic E-state index is -0.0680. The van der Waals surface area contributed by atoms with Gasteiger partial charge in [0.25, 0.3) is 10.8 Å². The van der Waals surface area contributed by atoms with Gasteiger partial charge in [0.05, 0.1) is 0 Å². The number of aryl methyl sites for hydroxylation is 2. The maximum atomic E-state index is 11.5. The van der Waals surface area contributed by atoms with Crippen molar-refractivity contribution in [1.29, 1.82) is 0 Å². The molecule has 0 aromatic carbocycles. The molecule has 2 aromatic heterocycles. The number of hydrogen-bond acceptors (Lipinski definition) is 6. The van der Waals surface area contributed by atoms with E-state index in [9.17, 15) is 4.79 Å². The van der Waals surface area contributed by atoms with E-state index in [0.29, 0.717) is 29.1 Å². The molecule has 90 valence electrons. The summed E-state index contributed by atoms with van der Waals surface area (Å²) < 4.78 is 6.77. The third-order valence-corrected chi connectivity index (χ3v) is 2.87. The SMILES string of the molecule is Cc1nnc(SCCn2cc(N)ccc2=O)o1. The second-order valence-electron chi connectivity index (χ2n) is 3.43. The summed E-state index contributed by atoms with van der Waals surface area (Å²) in [5, 5.41) is 8.08. The molecule has 0 aliphatic carbocycles. The van der Waals surface area contributed by atoms with E-state index in [4.69, 9.17) is 10.2 Å². The Morgan fingerprint density at radius 2 is 2.29 bits per heavy atom. The molecule has 0 aliphatic rings. The van der Waals surface area contributed by atoms with Crippen LogP contribution in [0.1, 0.15) is 5.89 Å². The van der Waals surface area contributed by atoms with Crippen molar-refractivity contribution in [2.75, 3.05) is 11.5 Å². The molecule has 0 atom stereocenters. The molecule has 2 rings (SSSR count). The third kappa shape index (κ3) is 3.10. The van der Waals surface area contributed by atoms with Crippen LogP contribution in [-0.2, 0) is 6.54 Å². The topological polar surface area (TPSA) is 86.9 Å². The summed E-state index contributed by atoms with van der Waals surface area (Å²) in [5.74, 6) is 1.21. The number of rotatable bonds is 4. The Hall–Kier alpha value is -1.76. The van der Waals surface area contributed by atoms with Crippen molar-refractivity contribution in [3.8, 4) is 0 Å². The molecule has 0 amide bonds. The Bertz CT molecular complexity index is 563. The van der Waals surface area contributed by atoms with Crippen molar-refractivity contribution in [3.05, 3.63) is 34.6 Å². The monoisotopic (exact) mass is 252 g/mol. The van der Waals surface area contributed by atoms with Crippen LogP contribution in [0.25, 0.3) is 0 Å². The molecule has 2 aromatic rings. The zero-order valence-electron chi connectivity index (χ0n) is 9.29. The quantitative estimate of drug-likeness (QED) is 0.814. The van der Waals surface area contributed by atoms with Crippen LogP contribution in [0.15, 0.2) is 32.8 Å². The molecule has 0 radical (unpaired) electrons. The van der Waals surface area contributed by atoms with Crippen LogP contribution in [0.2, 0.25) is 0 Å². The number of pyridine rings is 1. The van der Waals surface area contributed by atoms with Crippen molar-refractivity contribution in [2.45, 2.75) is 18.7 Å². The predicted octanol–water partition coefficient (Wildman–Crippen LogP) is 0.914. The summed E-state index contributed by atoms with van der Waals surface area (Å²) >= 11 is 1.41. The molecule has 2 N–H and O–H groups in total. The molecule has 7 heteroatoms.